The number of esters is 1. The standard InChI is InChI=1S/C24H35NO2/c26-23-21(14-7-10-18-25-19-11-3-1-4-12-19)24(16-8-2-9-17-24)20-13-5-6-15-22(20)27-23/h1,3-4,11-12,20-22,25H,2,5-10,13-18H2/t20-,21+,22-/m1/s1. The molecule has 2 aliphatic carbocycles. The van der Waals surface area contributed by atoms with Crippen molar-refractivity contribution in [2.45, 2.75) is 83.2 Å². The summed E-state index contributed by atoms with van der Waals surface area (Å²) in [4.78, 5) is 13.0. The predicted octanol–water partition coefficient (Wildman–Crippen LogP) is 5.95. The summed E-state index contributed by atoms with van der Waals surface area (Å²) in [6.07, 6.45) is 14.9. The second-order valence-electron chi connectivity index (χ2n) is 9.00. The summed E-state index contributed by atoms with van der Waals surface area (Å²) in [6.45, 7) is 0.977. The van der Waals surface area contributed by atoms with Crippen LogP contribution in [0.15, 0.2) is 30.3 Å². The maximum Gasteiger partial charge on any atom is 0.309 e. The minimum atomic E-state index is 0.135. The number of ether oxygens (including phenoxy) is 1. The first-order valence-electron chi connectivity index (χ1n) is 11.3. The number of benzene rings is 1. The molecular weight excluding hydrogens is 334 g/mol. The van der Waals surface area contributed by atoms with Crippen LogP contribution in [0, 0.1) is 17.3 Å². The van der Waals surface area contributed by atoms with Crippen molar-refractivity contribution in [3.05, 3.63) is 30.3 Å². The van der Waals surface area contributed by atoms with E-state index >= 15 is 0 Å². The van der Waals surface area contributed by atoms with Crippen LogP contribution in [0.4, 0.5) is 5.69 Å². The fourth-order valence-electron chi connectivity index (χ4n) is 6.22. The first-order chi connectivity index (χ1) is 13.3. The van der Waals surface area contributed by atoms with E-state index < -0.39 is 0 Å². The molecule has 1 N–H and O–H groups in total. The average Bonchev–Trinajstić information content (AvgIpc) is 2.71. The van der Waals surface area contributed by atoms with Crippen LogP contribution in [0.5, 0.6) is 0 Å². The fraction of sp³-hybridized carbons (Fsp3) is 0.708. The van der Waals surface area contributed by atoms with Gasteiger partial charge in [-0.15, -0.1) is 0 Å². The molecule has 2 saturated carbocycles. The number of anilines is 1. The highest BCUT2D eigenvalue weighted by Gasteiger charge is 2.56. The summed E-state index contributed by atoms with van der Waals surface area (Å²) in [5.74, 6) is 0.918. The normalized spacial score (nSPS) is 29.8. The van der Waals surface area contributed by atoms with Crippen molar-refractivity contribution in [1.29, 1.82) is 0 Å². The van der Waals surface area contributed by atoms with Crippen molar-refractivity contribution < 1.29 is 9.53 Å². The first-order valence-corrected chi connectivity index (χ1v) is 11.3. The largest absolute Gasteiger partial charge is 0.462 e. The van der Waals surface area contributed by atoms with Gasteiger partial charge >= 0.3 is 5.97 Å². The Labute approximate surface area is 164 Å². The van der Waals surface area contributed by atoms with Crippen LogP contribution >= 0.6 is 0 Å². The smallest absolute Gasteiger partial charge is 0.309 e. The summed E-state index contributed by atoms with van der Waals surface area (Å²) in [5.41, 5.74) is 1.44. The monoisotopic (exact) mass is 369 g/mol. The van der Waals surface area contributed by atoms with Gasteiger partial charge in [-0.25, -0.2) is 0 Å². The molecule has 1 heterocycles. The van der Waals surface area contributed by atoms with Crippen molar-refractivity contribution >= 4 is 11.7 Å². The number of carbonyl (C=O) groups excluding carboxylic acids is 1. The topological polar surface area (TPSA) is 38.3 Å². The van der Waals surface area contributed by atoms with Gasteiger partial charge < -0.3 is 10.1 Å². The summed E-state index contributed by atoms with van der Waals surface area (Å²) in [7, 11) is 0. The molecule has 0 aromatic heterocycles. The van der Waals surface area contributed by atoms with Gasteiger partial charge in [0.2, 0.25) is 0 Å². The number of fused-ring (bicyclic) bond motifs is 2. The molecule has 3 heteroatoms. The van der Waals surface area contributed by atoms with E-state index in [0.717, 1.165) is 32.2 Å². The summed E-state index contributed by atoms with van der Waals surface area (Å²) >= 11 is 0. The third-order valence-corrected chi connectivity index (χ3v) is 7.49. The molecule has 3 fully saturated rings. The van der Waals surface area contributed by atoms with Crippen molar-refractivity contribution in [1.82, 2.24) is 0 Å². The van der Waals surface area contributed by atoms with Gasteiger partial charge in [0.05, 0.1) is 5.92 Å². The Balaban J connectivity index is 1.36. The van der Waals surface area contributed by atoms with Crippen LogP contribution < -0.4 is 5.32 Å². The third kappa shape index (κ3) is 4.02. The van der Waals surface area contributed by atoms with Gasteiger partial charge in [0, 0.05) is 18.2 Å². The highest BCUT2D eigenvalue weighted by Crippen LogP contribution is 2.57. The minimum absolute atomic E-state index is 0.135. The zero-order chi connectivity index (χ0) is 18.5. The molecule has 1 spiro atoms. The molecule has 0 amide bonds. The Morgan fingerprint density at radius 1 is 0.963 bits per heavy atom. The van der Waals surface area contributed by atoms with Crippen LogP contribution in [0.1, 0.15) is 77.0 Å². The number of nitrogens with one attached hydrogen (secondary N) is 1. The molecule has 3 atom stereocenters. The highest BCUT2D eigenvalue weighted by molar-refractivity contribution is 5.75. The van der Waals surface area contributed by atoms with Crippen molar-refractivity contribution in [3.8, 4) is 0 Å². The van der Waals surface area contributed by atoms with Crippen molar-refractivity contribution in [2.24, 2.45) is 17.3 Å². The van der Waals surface area contributed by atoms with Crippen LogP contribution in [-0.2, 0) is 9.53 Å². The molecule has 0 bridgehead atoms. The molecule has 1 aromatic rings. The fourth-order valence-corrected chi connectivity index (χ4v) is 6.22. The van der Waals surface area contributed by atoms with E-state index in [1.807, 2.05) is 6.07 Å². The highest BCUT2D eigenvalue weighted by atomic mass is 16.5. The molecule has 1 aliphatic heterocycles. The Morgan fingerprint density at radius 2 is 1.74 bits per heavy atom. The van der Waals surface area contributed by atoms with Crippen LogP contribution in [-0.4, -0.2) is 18.6 Å². The van der Waals surface area contributed by atoms with Crippen molar-refractivity contribution in [2.75, 3.05) is 11.9 Å². The second kappa shape index (κ2) is 8.67. The Bertz CT molecular complexity index is 608. The molecule has 148 valence electrons. The lowest BCUT2D eigenvalue weighted by molar-refractivity contribution is -0.196. The molecule has 3 aliphatic rings. The SMILES string of the molecule is O=C1O[C@@H]2CCCC[C@H]2C2(CCCCC2)[C@H]1CCCCNc1ccccc1. The number of carbonyl (C=O) groups is 1. The van der Waals surface area contributed by atoms with E-state index in [1.54, 1.807) is 0 Å². The summed E-state index contributed by atoms with van der Waals surface area (Å²) in [5, 5.41) is 3.49. The van der Waals surface area contributed by atoms with E-state index in [0.29, 0.717) is 5.92 Å². The number of hydrogen-bond acceptors (Lipinski definition) is 3. The number of hydrogen-bond donors (Lipinski definition) is 1. The van der Waals surface area contributed by atoms with Crippen molar-refractivity contribution in [3.63, 3.8) is 0 Å². The Kier molecular flexibility index (Phi) is 6.04. The van der Waals surface area contributed by atoms with E-state index in [-0.39, 0.29) is 23.4 Å². The van der Waals surface area contributed by atoms with Crippen LogP contribution in [0.3, 0.4) is 0 Å². The molecule has 0 unspecified atom stereocenters. The Morgan fingerprint density at radius 3 is 2.56 bits per heavy atom. The van der Waals surface area contributed by atoms with Gasteiger partial charge in [0.25, 0.3) is 0 Å². The lowest BCUT2D eigenvalue weighted by atomic mass is 9.53. The lowest BCUT2D eigenvalue weighted by Crippen LogP contribution is -2.55. The van der Waals surface area contributed by atoms with Gasteiger partial charge in [-0.05, 0) is 62.5 Å². The maximum atomic E-state index is 13.0. The molecule has 1 saturated heterocycles. The quantitative estimate of drug-likeness (QED) is 0.497. The molecule has 4 rings (SSSR count). The van der Waals surface area contributed by atoms with E-state index in [2.05, 4.69) is 29.6 Å². The Hall–Kier alpha value is -1.51. The second-order valence-corrected chi connectivity index (χ2v) is 9.00. The van der Waals surface area contributed by atoms with Gasteiger partial charge in [-0.1, -0.05) is 50.3 Å². The van der Waals surface area contributed by atoms with Crippen LogP contribution in [0.2, 0.25) is 0 Å². The van der Waals surface area contributed by atoms with E-state index in [4.69, 9.17) is 4.74 Å². The van der Waals surface area contributed by atoms with E-state index in [9.17, 15) is 4.79 Å². The van der Waals surface area contributed by atoms with E-state index in [1.165, 1.54) is 57.1 Å². The molecule has 1 aromatic carbocycles. The molecular formula is C24H35NO2. The summed E-state index contributed by atoms with van der Waals surface area (Å²) in [6, 6.07) is 10.4. The minimum Gasteiger partial charge on any atom is -0.462 e. The van der Waals surface area contributed by atoms with Crippen LogP contribution in [0.25, 0.3) is 0 Å². The predicted molar refractivity (Wildman–Crippen MR) is 110 cm³/mol. The maximum absolute atomic E-state index is 13.0. The third-order valence-electron chi connectivity index (χ3n) is 7.49. The lowest BCUT2D eigenvalue weighted by Gasteiger charge is -2.55. The zero-order valence-corrected chi connectivity index (χ0v) is 16.6. The number of para-hydroxylation sites is 1. The van der Waals surface area contributed by atoms with Gasteiger partial charge in [0.1, 0.15) is 6.10 Å². The number of rotatable bonds is 6. The van der Waals surface area contributed by atoms with Gasteiger partial charge in [-0.3, -0.25) is 4.79 Å². The number of unbranched alkanes of at least 4 members (excludes halogenated alkanes) is 1. The zero-order valence-electron chi connectivity index (χ0n) is 16.6. The first kappa shape index (κ1) is 18.8. The van der Waals surface area contributed by atoms with Gasteiger partial charge in [0.15, 0.2) is 0 Å². The van der Waals surface area contributed by atoms with Gasteiger partial charge in [-0.2, -0.15) is 0 Å². The molecule has 27 heavy (non-hydrogen) atoms. The average molecular weight is 370 g/mol. The summed E-state index contributed by atoms with van der Waals surface area (Å²) < 4.78 is 6.00. The molecule has 3 nitrogen and oxygen atoms in total. The molecule has 0 radical (unpaired) electrons.